The minimum absolute atomic E-state index is 0.157. The summed E-state index contributed by atoms with van der Waals surface area (Å²) in [5.74, 6) is 2.43. The summed E-state index contributed by atoms with van der Waals surface area (Å²) in [5.41, 5.74) is 2.19. The van der Waals surface area contributed by atoms with Crippen molar-refractivity contribution in [1.82, 2.24) is 19.6 Å². The molecule has 2 aliphatic rings. The van der Waals surface area contributed by atoms with Gasteiger partial charge in [0.2, 0.25) is 0 Å². The molecule has 0 aliphatic carbocycles. The van der Waals surface area contributed by atoms with Crippen molar-refractivity contribution in [2.45, 2.75) is 37.8 Å². The molecular weight excluding hydrogens is 380 g/mol. The number of rotatable bonds is 6. The average molecular weight is 409 g/mol. The summed E-state index contributed by atoms with van der Waals surface area (Å²) in [6, 6.07) is 12.2. The monoisotopic (exact) mass is 408 g/mol. The third-order valence-corrected chi connectivity index (χ3v) is 6.11. The minimum Gasteiger partial charge on any atom is -0.488 e. The number of benzene rings is 1. The molecule has 0 spiro atoms. The molecule has 2 aliphatic heterocycles. The van der Waals surface area contributed by atoms with Crippen molar-refractivity contribution in [3.8, 4) is 17.2 Å². The lowest BCUT2D eigenvalue weighted by Crippen LogP contribution is -2.25. The van der Waals surface area contributed by atoms with E-state index in [-0.39, 0.29) is 6.10 Å². The van der Waals surface area contributed by atoms with E-state index in [1.54, 1.807) is 0 Å². The number of likely N-dealkylation sites (tertiary alicyclic amines) is 1. The number of hydrogen-bond donors (Lipinski definition) is 0. The summed E-state index contributed by atoms with van der Waals surface area (Å²) in [6.45, 7) is 4.41. The molecule has 5 rings (SSSR count). The van der Waals surface area contributed by atoms with Crippen LogP contribution in [0.15, 0.2) is 47.1 Å². The first kappa shape index (κ1) is 19.3. The molecule has 0 bridgehead atoms. The Morgan fingerprint density at radius 1 is 1.10 bits per heavy atom. The molecule has 0 saturated carbocycles. The highest BCUT2D eigenvalue weighted by molar-refractivity contribution is 5.62. The lowest BCUT2D eigenvalue weighted by Gasteiger charge is -2.18. The summed E-state index contributed by atoms with van der Waals surface area (Å²) in [6.07, 6.45) is 5.14. The topological polar surface area (TPSA) is 65.5 Å². The highest BCUT2D eigenvalue weighted by atomic mass is 16.5. The Bertz CT molecular complexity index is 976. The number of hydrogen-bond acceptors (Lipinski definition) is 6. The van der Waals surface area contributed by atoms with Gasteiger partial charge in [0, 0.05) is 57.7 Å². The van der Waals surface area contributed by atoms with Gasteiger partial charge in [0.1, 0.15) is 11.9 Å². The van der Waals surface area contributed by atoms with Crippen LogP contribution in [-0.4, -0.2) is 52.0 Å². The molecule has 4 heterocycles. The van der Waals surface area contributed by atoms with Crippen LogP contribution in [0.1, 0.15) is 36.7 Å². The summed E-state index contributed by atoms with van der Waals surface area (Å²) in [4.78, 5) is 7.13. The second-order valence-electron chi connectivity index (χ2n) is 8.21. The summed E-state index contributed by atoms with van der Waals surface area (Å²) >= 11 is 0. The Morgan fingerprint density at radius 3 is 2.80 bits per heavy atom. The zero-order chi connectivity index (χ0) is 20.3. The predicted molar refractivity (Wildman–Crippen MR) is 112 cm³/mol. The van der Waals surface area contributed by atoms with Gasteiger partial charge in [-0.3, -0.25) is 4.90 Å². The smallest absolute Gasteiger partial charge is 0.261 e. The van der Waals surface area contributed by atoms with Crippen molar-refractivity contribution < 1.29 is 14.0 Å². The fourth-order valence-electron chi connectivity index (χ4n) is 4.32. The van der Waals surface area contributed by atoms with E-state index < -0.39 is 0 Å². The second-order valence-corrected chi connectivity index (χ2v) is 8.21. The molecule has 3 aromatic rings. The zero-order valence-electron chi connectivity index (χ0n) is 17.4. The first-order chi connectivity index (χ1) is 14.8. The van der Waals surface area contributed by atoms with Gasteiger partial charge in [0.25, 0.3) is 5.89 Å². The Kier molecular flexibility index (Phi) is 5.55. The van der Waals surface area contributed by atoms with E-state index >= 15 is 0 Å². The fraction of sp³-hybridized carbons (Fsp3) is 0.478. The number of nitrogens with zero attached hydrogens (tertiary/aromatic N) is 4. The van der Waals surface area contributed by atoms with Gasteiger partial charge in [0.05, 0.1) is 5.56 Å². The van der Waals surface area contributed by atoms with Crippen LogP contribution in [0.3, 0.4) is 0 Å². The number of ether oxygens (including phenoxy) is 2. The molecular formula is C23H28N4O3. The molecule has 1 unspecified atom stereocenters. The van der Waals surface area contributed by atoms with Crippen LogP contribution in [0.4, 0.5) is 0 Å². The third kappa shape index (κ3) is 4.13. The van der Waals surface area contributed by atoms with Crippen molar-refractivity contribution in [3.63, 3.8) is 0 Å². The fourth-order valence-corrected chi connectivity index (χ4v) is 4.32. The first-order valence-electron chi connectivity index (χ1n) is 10.8. The van der Waals surface area contributed by atoms with Crippen LogP contribution >= 0.6 is 0 Å². The van der Waals surface area contributed by atoms with E-state index in [4.69, 9.17) is 14.0 Å². The van der Waals surface area contributed by atoms with E-state index in [9.17, 15) is 0 Å². The normalized spacial score (nSPS) is 20.6. The van der Waals surface area contributed by atoms with E-state index in [0.29, 0.717) is 11.8 Å². The molecule has 1 atom stereocenters. The lowest BCUT2D eigenvalue weighted by molar-refractivity contribution is 0.0830. The van der Waals surface area contributed by atoms with Crippen molar-refractivity contribution in [1.29, 1.82) is 0 Å². The minimum atomic E-state index is 0.157. The van der Waals surface area contributed by atoms with E-state index in [2.05, 4.69) is 45.0 Å². The molecule has 30 heavy (non-hydrogen) atoms. The second kappa shape index (κ2) is 8.62. The van der Waals surface area contributed by atoms with Crippen LogP contribution in [0.2, 0.25) is 0 Å². The van der Waals surface area contributed by atoms with Gasteiger partial charge < -0.3 is 18.6 Å². The van der Waals surface area contributed by atoms with Gasteiger partial charge in [-0.25, -0.2) is 0 Å². The summed E-state index contributed by atoms with van der Waals surface area (Å²) in [5, 5.41) is 4.24. The van der Waals surface area contributed by atoms with Crippen LogP contribution in [0, 0.1) is 0 Å². The molecule has 0 N–H and O–H groups in total. The molecule has 7 nitrogen and oxygen atoms in total. The lowest BCUT2D eigenvalue weighted by atomic mass is 10.00. The van der Waals surface area contributed by atoms with Gasteiger partial charge in [-0.15, -0.1) is 0 Å². The number of aryl methyl sites for hydroxylation is 1. The molecule has 2 fully saturated rings. The number of para-hydroxylation sites is 1. The molecule has 1 aromatic carbocycles. The maximum atomic E-state index is 6.40. The molecule has 2 saturated heterocycles. The molecule has 0 radical (unpaired) electrons. The quantitative estimate of drug-likeness (QED) is 0.621. The van der Waals surface area contributed by atoms with Gasteiger partial charge in [0.15, 0.2) is 5.82 Å². The standard InChI is InChI=1S/C23H28N4O3/c1-26-11-4-5-18(26)15-27-12-8-19(16-27)29-21-7-3-2-6-20(21)23-24-22(25-30-23)17-9-13-28-14-10-17/h2-7,11,17,19H,8-10,12-16H2,1H3. The highest BCUT2D eigenvalue weighted by Gasteiger charge is 2.27. The van der Waals surface area contributed by atoms with E-state index in [0.717, 1.165) is 69.2 Å². The van der Waals surface area contributed by atoms with Crippen LogP contribution in [0.25, 0.3) is 11.5 Å². The van der Waals surface area contributed by atoms with Crippen LogP contribution < -0.4 is 4.74 Å². The van der Waals surface area contributed by atoms with Gasteiger partial charge >= 0.3 is 0 Å². The van der Waals surface area contributed by atoms with Gasteiger partial charge in [-0.2, -0.15) is 4.98 Å². The summed E-state index contributed by atoms with van der Waals surface area (Å²) < 4.78 is 19.6. The third-order valence-electron chi connectivity index (χ3n) is 6.11. The molecule has 0 amide bonds. The van der Waals surface area contributed by atoms with Crippen molar-refractivity contribution in [3.05, 3.63) is 54.1 Å². The highest BCUT2D eigenvalue weighted by Crippen LogP contribution is 2.33. The maximum absolute atomic E-state index is 6.40. The Labute approximate surface area is 176 Å². The number of aromatic nitrogens is 3. The molecule has 158 valence electrons. The Morgan fingerprint density at radius 2 is 1.97 bits per heavy atom. The SMILES string of the molecule is Cn1cccc1CN1CCC(Oc2ccccc2-c2nc(C3CCOCC3)no2)C1. The first-order valence-corrected chi connectivity index (χ1v) is 10.8. The van der Waals surface area contributed by atoms with Crippen molar-refractivity contribution >= 4 is 0 Å². The average Bonchev–Trinajstić information content (AvgIpc) is 3.52. The largest absolute Gasteiger partial charge is 0.488 e. The van der Waals surface area contributed by atoms with Crippen LogP contribution in [-0.2, 0) is 18.3 Å². The van der Waals surface area contributed by atoms with Crippen molar-refractivity contribution in [2.24, 2.45) is 7.05 Å². The van der Waals surface area contributed by atoms with Gasteiger partial charge in [-0.1, -0.05) is 17.3 Å². The van der Waals surface area contributed by atoms with Gasteiger partial charge in [-0.05, 0) is 43.5 Å². The van der Waals surface area contributed by atoms with E-state index in [1.165, 1.54) is 5.69 Å². The Hall–Kier alpha value is -2.64. The molecule has 2 aromatic heterocycles. The van der Waals surface area contributed by atoms with Crippen LogP contribution in [0.5, 0.6) is 5.75 Å². The van der Waals surface area contributed by atoms with Crippen molar-refractivity contribution in [2.75, 3.05) is 26.3 Å². The van der Waals surface area contributed by atoms with E-state index in [1.807, 2.05) is 24.3 Å². The molecule has 7 heteroatoms. The maximum Gasteiger partial charge on any atom is 0.261 e. The zero-order valence-corrected chi connectivity index (χ0v) is 17.4. The predicted octanol–water partition coefficient (Wildman–Crippen LogP) is 3.62. The Balaban J connectivity index is 1.26. The summed E-state index contributed by atoms with van der Waals surface area (Å²) in [7, 11) is 2.09.